The molecule has 1 aliphatic heterocycles. The van der Waals surface area contributed by atoms with Crippen LogP contribution in [0.5, 0.6) is 0 Å². The Balaban J connectivity index is 2.15. The number of nitrogens with one attached hydrogen (secondary N) is 1. The van der Waals surface area contributed by atoms with E-state index in [0.717, 1.165) is 5.56 Å². The first-order chi connectivity index (χ1) is 8.77. The highest BCUT2D eigenvalue weighted by Gasteiger charge is 2.36. The maximum Gasteiger partial charge on any atom is 0.235 e. The summed E-state index contributed by atoms with van der Waals surface area (Å²) in [6, 6.07) is 9.78. The van der Waals surface area contributed by atoms with Crippen molar-refractivity contribution in [1.29, 1.82) is 0 Å². The van der Waals surface area contributed by atoms with Gasteiger partial charge in [-0.25, -0.2) is 0 Å². The first-order valence-corrected chi connectivity index (χ1v) is 6.40. The van der Waals surface area contributed by atoms with Gasteiger partial charge in [0.25, 0.3) is 0 Å². The van der Waals surface area contributed by atoms with Crippen LogP contribution in [0.15, 0.2) is 30.3 Å². The zero-order valence-corrected chi connectivity index (χ0v) is 10.8. The molecule has 2 rings (SSSR count). The van der Waals surface area contributed by atoms with Crippen molar-refractivity contribution >= 4 is 17.5 Å². The minimum atomic E-state index is -0.610. The smallest absolute Gasteiger partial charge is 0.235 e. The van der Waals surface area contributed by atoms with Gasteiger partial charge in [0.2, 0.25) is 5.91 Å². The van der Waals surface area contributed by atoms with Gasteiger partial charge in [0, 0.05) is 0 Å². The predicted molar refractivity (Wildman–Crippen MR) is 68.6 cm³/mol. The van der Waals surface area contributed by atoms with Crippen LogP contribution in [-0.2, 0) is 19.9 Å². The van der Waals surface area contributed by atoms with E-state index < -0.39 is 5.60 Å². The summed E-state index contributed by atoms with van der Waals surface area (Å²) >= 11 is 5.48. The van der Waals surface area contributed by atoms with E-state index in [4.69, 9.17) is 21.1 Å². The molecule has 1 aromatic carbocycles. The maximum atomic E-state index is 11.3. The Morgan fingerprint density at radius 2 is 2.11 bits per heavy atom. The van der Waals surface area contributed by atoms with E-state index in [2.05, 4.69) is 5.32 Å². The third-order valence-corrected chi connectivity index (χ3v) is 3.18. The molecule has 0 spiro atoms. The Bertz CT molecular complexity index is 390. The normalized spacial score (nSPS) is 23.6. The molecule has 1 amide bonds. The Kier molecular flexibility index (Phi) is 4.58. The van der Waals surface area contributed by atoms with Crippen molar-refractivity contribution in [2.24, 2.45) is 0 Å². The summed E-state index contributed by atoms with van der Waals surface area (Å²) in [6.45, 7) is 1.89. The van der Waals surface area contributed by atoms with E-state index in [9.17, 15) is 4.79 Å². The van der Waals surface area contributed by atoms with Gasteiger partial charge in [-0.05, 0) is 5.56 Å². The molecule has 0 aromatic heterocycles. The van der Waals surface area contributed by atoms with Crippen molar-refractivity contribution in [2.45, 2.75) is 5.60 Å². The van der Waals surface area contributed by atoms with E-state index in [-0.39, 0.29) is 11.8 Å². The Hall–Kier alpha value is -1.10. The molecule has 1 fully saturated rings. The van der Waals surface area contributed by atoms with Gasteiger partial charge in [0.1, 0.15) is 11.5 Å². The molecule has 5 heteroatoms. The van der Waals surface area contributed by atoms with Gasteiger partial charge < -0.3 is 14.8 Å². The van der Waals surface area contributed by atoms with Gasteiger partial charge in [-0.3, -0.25) is 4.79 Å². The van der Waals surface area contributed by atoms with Crippen LogP contribution in [0.25, 0.3) is 0 Å². The molecule has 98 valence electrons. The molecule has 0 aliphatic carbocycles. The second-order valence-corrected chi connectivity index (χ2v) is 4.44. The number of ether oxygens (including phenoxy) is 2. The number of halogens is 1. The third-order valence-electron chi connectivity index (χ3n) is 2.93. The standard InChI is InChI=1S/C13H16ClNO3/c14-8-12(16)15-9-13(10-17-6-7-18-13)11-4-2-1-3-5-11/h1-5H,6-10H2,(H,15,16). The molecule has 1 atom stereocenters. The monoisotopic (exact) mass is 269 g/mol. The maximum absolute atomic E-state index is 11.3. The van der Waals surface area contributed by atoms with Crippen LogP contribution in [0.4, 0.5) is 0 Å². The summed E-state index contributed by atoms with van der Waals surface area (Å²) in [5.41, 5.74) is 0.390. The molecule has 1 N–H and O–H groups in total. The highest BCUT2D eigenvalue weighted by atomic mass is 35.5. The molecule has 1 unspecified atom stereocenters. The van der Waals surface area contributed by atoms with Crippen LogP contribution in [0.2, 0.25) is 0 Å². The number of hydrogen-bond donors (Lipinski definition) is 1. The van der Waals surface area contributed by atoms with Gasteiger partial charge >= 0.3 is 0 Å². The molecule has 4 nitrogen and oxygen atoms in total. The molecular weight excluding hydrogens is 254 g/mol. The number of alkyl halides is 1. The van der Waals surface area contributed by atoms with Crippen LogP contribution in [0, 0.1) is 0 Å². The minimum Gasteiger partial charge on any atom is -0.376 e. The van der Waals surface area contributed by atoms with Crippen LogP contribution in [0.3, 0.4) is 0 Å². The van der Waals surface area contributed by atoms with Crippen LogP contribution in [-0.4, -0.2) is 38.2 Å². The zero-order valence-electron chi connectivity index (χ0n) is 10.0. The lowest BCUT2D eigenvalue weighted by Gasteiger charge is -2.37. The van der Waals surface area contributed by atoms with E-state index >= 15 is 0 Å². The lowest BCUT2D eigenvalue weighted by Crippen LogP contribution is -2.49. The molecule has 0 saturated carbocycles. The van der Waals surface area contributed by atoms with E-state index in [1.54, 1.807) is 0 Å². The quantitative estimate of drug-likeness (QED) is 0.838. The highest BCUT2D eigenvalue weighted by Crippen LogP contribution is 2.28. The summed E-state index contributed by atoms with van der Waals surface area (Å²) in [5, 5.41) is 2.77. The summed E-state index contributed by atoms with van der Waals surface area (Å²) in [7, 11) is 0. The molecule has 1 aromatic rings. The largest absolute Gasteiger partial charge is 0.376 e. The van der Waals surface area contributed by atoms with Crippen molar-refractivity contribution in [3.05, 3.63) is 35.9 Å². The first kappa shape index (κ1) is 13.3. The number of carbonyl (C=O) groups excluding carboxylic acids is 1. The number of carbonyl (C=O) groups is 1. The van der Waals surface area contributed by atoms with Crippen LogP contribution >= 0.6 is 11.6 Å². The summed E-state index contributed by atoms with van der Waals surface area (Å²) in [4.78, 5) is 11.3. The lowest BCUT2D eigenvalue weighted by molar-refractivity contribution is -0.162. The van der Waals surface area contributed by atoms with Crippen LogP contribution < -0.4 is 5.32 Å². The minimum absolute atomic E-state index is 0.0499. The average molecular weight is 270 g/mol. The summed E-state index contributed by atoms with van der Waals surface area (Å²) in [6.07, 6.45) is 0. The second kappa shape index (κ2) is 6.18. The van der Waals surface area contributed by atoms with Crippen molar-refractivity contribution in [2.75, 3.05) is 32.2 Å². The van der Waals surface area contributed by atoms with Gasteiger partial charge in [0.05, 0.1) is 26.4 Å². The number of benzene rings is 1. The van der Waals surface area contributed by atoms with Gasteiger partial charge in [0.15, 0.2) is 0 Å². The Labute approximate surface area is 111 Å². The first-order valence-electron chi connectivity index (χ1n) is 5.87. The van der Waals surface area contributed by atoms with Gasteiger partial charge in [-0.1, -0.05) is 30.3 Å². The van der Waals surface area contributed by atoms with Crippen molar-refractivity contribution in [3.8, 4) is 0 Å². The number of rotatable bonds is 4. The number of hydrogen-bond acceptors (Lipinski definition) is 3. The highest BCUT2D eigenvalue weighted by molar-refractivity contribution is 6.27. The van der Waals surface area contributed by atoms with Crippen molar-refractivity contribution < 1.29 is 14.3 Å². The fourth-order valence-corrected chi connectivity index (χ4v) is 2.07. The molecule has 1 saturated heterocycles. The van der Waals surface area contributed by atoms with Crippen LogP contribution in [0.1, 0.15) is 5.56 Å². The fourth-order valence-electron chi connectivity index (χ4n) is 1.98. The summed E-state index contributed by atoms with van der Waals surface area (Å²) < 4.78 is 11.4. The molecule has 1 aliphatic rings. The van der Waals surface area contributed by atoms with Crippen molar-refractivity contribution in [1.82, 2.24) is 5.32 Å². The third kappa shape index (κ3) is 3.02. The summed E-state index contributed by atoms with van der Waals surface area (Å²) in [5.74, 6) is -0.257. The van der Waals surface area contributed by atoms with Crippen molar-refractivity contribution in [3.63, 3.8) is 0 Å². The molecule has 18 heavy (non-hydrogen) atoms. The topological polar surface area (TPSA) is 47.6 Å². The Morgan fingerprint density at radius 1 is 1.33 bits per heavy atom. The second-order valence-electron chi connectivity index (χ2n) is 4.17. The lowest BCUT2D eigenvalue weighted by atomic mass is 9.93. The van der Waals surface area contributed by atoms with Gasteiger partial charge in [-0.2, -0.15) is 0 Å². The SMILES string of the molecule is O=C(CCl)NCC1(c2ccccc2)COCCO1. The van der Waals surface area contributed by atoms with E-state index in [0.29, 0.717) is 26.4 Å². The molecular formula is C13H16ClNO3. The molecule has 0 bridgehead atoms. The molecule has 0 radical (unpaired) electrons. The number of amides is 1. The van der Waals surface area contributed by atoms with Gasteiger partial charge in [-0.15, -0.1) is 11.6 Å². The Morgan fingerprint density at radius 3 is 2.72 bits per heavy atom. The molecule has 1 heterocycles. The van der Waals surface area contributed by atoms with E-state index in [1.807, 2.05) is 30.3 Å². The van der Waals surface area contributed by atoms with E-state index in [1.165, 1.54) is 0 Å². The average Bonchev–Trinajstić information content (AvgIpc) is 2.46. The predicted octanol–water partition coefficient (Wildman–Crippen LogP) is 1.28. The fraction of sp³-hybridized carbons (Fsp3) is 0.462. The zero-order chi connectivity index (χ0) is 12.8.